The van der Waals surface area contributed by atoms with Crippen molar-refractivity contribution < 1.29 is 9.32 Å². The number of carbonyl (C=O) groups excluding carboxylic acids is 1. The van der Waals surface area contributed by atoms with E-state index in [-0.39, 0.29) is 17.9 Å². The number of aryl methyl sites for hydroxylation is 1. The lowest BCUT2D eigenvalue weighted by molar-refractivity contribution is 0.0914. The van der Waals surface area contributed by atoms with Gasteiger partial charge in [0.2, 0.25) is 11.7 Å². The van der Waals surface area contributed by atoms with Crippen molar-refractivity contribution in [1.82, 2.24) is 15.5 Å². The molecule has 134 valence electrons. The van der Waals surface area contributed by atoms with Gasteiger partial charge in [-0.15, -0.1) is 0 Å². The molecule has 0 aliphatic carbocycles. The van der Waals surface area contributed by atoms with Crippen LogP contribution in [0.1, 0.15) is 41.7 Å². The SMILES string of the molecule is Cc1ccc(C(=O)N[C@@H](c2nc(-c3ccc(Br)cc3)no2)C(C)C)cc1. The molecule has 0 bridgehead atoms. The van der Waals surface area contributed by atoms with Crippen molar-refractivity contribution in [2.24, 2.45) is 5.92 Å². The Morgan fingerprint density at radius 3 is 2.35 bits per heavy atom. The number of hydrogen-bond acceptors (Lipinski definition) is 4. The lowest BCUT2D eigenvalue weighted by atomic mass is 10.0. The zero-order chi connectivity index (χ0) is 18.7. The van der Waals surface area contributed by atoms with E-state index in [9.17, 15) is 4.79 Å². The van der Waals surface area contributed by atoms with Crippen LogP contribution in [-0.4, -0.2) is 16.0 Å². The Bertz CT molecular complexity index is 886. The van der Waals surface area contributed by atoms with Gasteiger partial charge in [-0.2, -0.15) is 4.98 Å². The first-order chi connectivity index (χ1) is 12.4. The van der Waals surface area contributed by atoms with Crippen LogP contribution < -0.4 is 5.32 Å². The van der Waals surface area contributed by atoms with Crippen molar-refractivity contribution in [2.45, 2.75) is 26.8 Å². The molecule has 2 aromatic carbocycles. The highest BCUT2D eigenvalue weighted by Crippen LogP contribution is 2.25. The van der Waals surface area contributed by atoms with E-state index in [1.165, 1.54) is 0 Å². The molecule has 0 spiro atoms. The molecule has 1 aromatic heterocycles. The molecular weight excluding hydrogens is 394 g/mol. The fraction of sp³-hybridized carbons (Fsp3) is 0.250. The lowest BCUT2D eigenvalue weighted by Crippen LogP contribution is -2.32. The van der Waals surface area contributed by atoms with Crippen molar-refractivity contribution in [3.63, 3.8) is 0 Å². The van der Waals surface area contributed by atoms with E-state index in [1.807, 2.05) is 69.3 Å². The zero-order valence-corrected chi connectivity index (χ0v) is 16.4. The molecule has 1 atom stereocenters. The summed E-state index contributed by atoms with van der Waals surface area (Å²) in [5.74, 6) is 0.843. The summed E-state index contributed by atoms with van der Waals surface area (Å²) in [6.45, 7) is 5.99. The highest BCUT2D eigenvalue weighted by Gasteiger charge is 2.25. The van der Waals surface area contributed by atoms with Gasteiger partial charge in [-0.3, -0.25) is 4.79 Å². The molecule has 3 aromatic rings. The highest BCUT2D eigenvalue weighted by molar-refractivity contribution is 9.10. The van der Waals surface area contributed by atoms with Gasteiger partial charge >= 0.3 is 0 Å². The monoisotopic (exact) mass is 413 g/mol. The standard InChI is InChI=1S/C20H20BrN3O2/c1-12(2)17(22-19(25)15-6-4-13(3)5-7-15)20-23-18(24-26-20)14-8-10-16(21)11-9-14/h4-12,17H,1-3H3,(H,22,25)/t17-/m1/s1. The van der Waals surface area contributed by atoms with E-state index in [0.717, 1.165) is 15.6 Å². The molecular formula is C20H20BrN3O2. The quantitative estimate of drug-likeness (QED) is 0.643. The molecule has 1 amide bonds. The third kappa shape index (κ3) is 4.19. The molecule has 26 heavy (non-hydrogen) atoms. The summed E-state index contributed by atoms with van der Waals surface area (Å²) in [5, 5.41) is 7.06. The van der Waals surface area contributed by atoms with Gasteiger partial charge in [-0.05, 0) is 49.2 Å². The first kappa shape index (κ1) is 18.3. The highest BCUT2D eigenvalue weighted by atomic mass is 79.9. The lowest BCUT2D eigenvalue weighted by Gasteiger charge is -2.18. The van der Waals surface area contributed by atoms with Gasteiger partial charge in [-0.1, -0.05) is 52.6 Å². The van der Waals surface area contributed by atoms with Gasteiger partial charge in [-0.25, -0.2) is 0 Å². The van der Waals surface area contributed by atoms with Crippen LogP contribution in [0.4, 0.5) is 0 Å². The minimum Gasteiger partial charge on any atom is -0.340 e. The maximum Gasteiger partial charge on any atom is 0.251 e. The van der Waals surface area contributed by atoms with Crippen molar-refractivity contribution in [3.05, 3.63) is 70.0 Å². The Morgan fingerprint density at radius 2 is 1.73 bits per heavy atom. The molecule has 0 saturated carbocycles. The number of aromatic nitrogens is 2. The molecule has 0 unspecified atom stereocenters. The smallest absolute Gasteiger partial charge is 0.251 e. The van der Waals surface area contributed by atoms with E-state index in [4.69, 9.17) is 4.52 Å². The van der Waals surface area contributed by atoms with Crippen molar-refractivity contribution >= 4 is 21.8 Å². The summed E-state index contributed by atoms with van der Waals surface area (Å²) in [4.78, 5) is 17.0. The Kier molecular flexibility index (Phi) is 5.52. The largest absolute Gasteiger partial charge is 0.340 e. The van der Waals surface area contributed by atoms with Gasteiger partial charge in [0.1, 0.15) is 6.04 Å². The number of nitrogens with one attached hydrogen (secondary N) is 1. The van der Waals surface area contributed by atoms with Crippen LogP contribution in [0.2, 0.25) is 0 Å². The molecule has 5 nitrogen and oxygen atoms in total. The van der Waals surface area contributed by atoms with Crippen LogP contribution >= 0.6 is 15.9 Å². The molecule has 6 heteroatoms. The topological polar surface area (TPSA) is 68.0 Å². The molecule has 1 heterocycles. The predicted molar refractivity (Wildman–Crippen MR) is 104 cm³/mol. The van der Waals surface area contributed by atoms with Gasteiger partial charge in [0.05, 0.1) is 0 Å². The summed E-state index contributed by atoms with van der Waals surface area (Å²) in [5.41, 5.74) is 2.57. The Hall–Kier alpha value is -2.47. The molecule has 0 fully saturated rings. The van der Waals surface area contributed by atoms with Crippen LogP contribution in [-0.2, 0) is 0 Å². The summed E-state index contributed by atoms with van der Waals surface area (Å²) in [6, 6.07) is 14.7. The minimum atomic E-state index is -0.361. The normalized spacial score (nSPS) is 12.2. The van der Waals surface area contributed by atoms with Crippen LogP contribution in [0, 0.1) is 12.8 Å². The molecule has 0 aliphatic heterocycles. The maximum atomic E-state index is 12.6. The third-order valence-corrected chi connectivity index (χ3v) is 4.61. The minimum absolute atomic E-state index is 0.0996. The number of rotatable bonds is 5. The second-order valence-electron chi connectivity index (χ2n) is 6.52. The number of nitrogens with zero attached hydrogens (tertiary/aromatic N) is 2. The fourth-order valence-electron chi connectivity index (χ4n) is 2.52. The number of amides is 1. The molecule has 1 N–H and O–H groups in total. The number of halogens is 1. The van der Waals surface area contributed by atoms with Gasteiger partial charge in [0.15, 0.2) is 0 Å². The van der Waals surface area contributed by atoms with Gasteiger partial charge in [0, 0.05) is 15.6 Å². The second-order valence-corrected chi connectivity index (χ2v) is 7.44. The zero-order valence-electron chi connectivity index (χ0n) is 14.9. The summed E-state index contributed by atoms with van der Waals surface area (Å²) < 4.78 is 6.42. The molecule has 0 radical (unpaired) electrons. The summed E-state index contributed by atoms with van der Waals surface area (Å²) in [6.07, 6.45) is 0. The van der Waals surface area contributed by atoms with E-state index in [0.29, 0.717) is 17.3 Å². The second kappa shape index (κ2) is 7.83. The van der Waals surface area contributed by atoms with E-state index >= 15 is 0 Å². The average Bonchev–Trinajstić information content (AvgIpc) is 3.10. The van der Waals surface area contributed by atoms with E-state index < -0.39 is 0 Å². The Balaban J connectivity index is 1.81. The molecule has 0 saturated heterocycles. The Labute approximate surface area is 160 Å². The van der Waals surface area contributed by atoms with Crippen molar-refractivity contribution in [2.75, 3.05) is 0 Å². The van der Waals surface area contributed by atoms with Crippen LogP contribution in [0.3, 0.4) is 0 Å². The third-order valence-electron chi connectivity index (χ3n) is 4.08. The summed E-state index contributed by atoms with van der Waals surface area (Å²) >= 11 is 3.41. The van der Waals surface area contributed by atoms with Crippen molar-refractivity contribution in [1.29, 1.82) is 0 Å². The van der Waals surface area contributed by atoms with E-state index in [2.05, 4.69) is 31.4 Å². The predicted octanol–water partition coefficient (Wildman–Crippen LogP) is 4.93. The average molecular weight is 414 g/mol. The maximum absolute atomic E-state index is 12.6. The van der Waals surface area contributed by atoms with Gasteiger partial charge in [0.25, 0.3) is 5.91 Å². The van der Waals surface area contributed by atoms with Crippen LogP contribution in [0.5, 0.6) is 0 Å². The van der Waals surface area contributed by atoms with E-state index in [1.54, 1.807) is 0 Å². The molecule has 3 rings (SSSR count). The first-order valence-electron chi connectivity index (χ1n) is 8.41. The fourth-order valence-corrected chi connectivity index (χ4v) is 2.79. The number of benzene rings is 2. The Morgan fingerprint density at radius 1 is 1.08 bits per heavy atom. The first-order valence-corrected chi connectivity index (χ1v) is 9.20. The van der Waals surface area contributed by atoms with Crippen LogP contribution in [0.25, 0.3) is 11.4 Å². The summed E-state index contributed by atoms with van der Waals surface area (Å²) in [7, 11) is 0. The van der Waals surface area contributed by atoms with Gasteiger partial charge < -0.3 is 9.84 Å². The number of carbonyl (C=O) groups is 1. The van der Waals surface area contributed by atoms with Crippen molar-refractivity contribution in [3.8, 4) is 11.4 Å². The van der Waals surface area contributed by atoms with Crippen LogP contribution in [0.15, 0.2) is 57.5 Å². The molecule has 0 aliphatic rings. The number of hydrogen-bond donors (Lipinski definition) is 1.